The van der Waals surface area contributed by atoms with Gasteiger partial charge in [0, 0.05) is 18.3 Å². The van der Waals surface area contributed by atoms with E-state index in [1.165, 1.54) is 4.57 Å². The number of amides is 1. The Morgan fingerprint density at radius 2 is 2.05 bits per heavy atom. The zero-order valence-electron chi connectivity index (χ0n) is 12.9. The van der Waals surface area contributed by atoms with Gasteiger partial charge in [-0.25, -0.2) is 0 Å². The van der Waals surface area contributed by atoms with E-state index in [1.807, 2.05) is 26.8 Å². The van der Waals surface area contributed by atoms with Crippen LogP contribution in [-0.4, -0.2) is 15.6 Å². The van der Waals surface area contributed by atoms with Gasteiger partial charge in [0.1, 0.15) is 5.56 Å². The number of aryl methyl sites for hydroxylation is 3. The van der Waals surface area contributed by atoms with E-state index in [0.717, 1.165) is 17.0 Å². The first-order chi connectivity index (χ1) is 9.86. The number of nitrogens with one attached hydrogen (secondary N) is 1. The fraction of sp³-hybridized carbons (Fsp3) is 0.400. The number of hydrogen-bond donors (Lipinski definition) is 1. The van der Waals surface area contributed by atoms with E-state index in [-0.39, 0.29) is 11.1 Å². The van der Waals surface area contributed by atoms with Crippen molar-refractivity contribution in [2.24, 2.45) is 7.05 Å². The number of carbonyl (C=O) groups is 1. The topological polar surface area (TPSA) is 77.1 Å². The summed E-state index contributed by atoms with van der Waals surface area (Å²) in [5, 5.41) is 6.48. The van der Waals surface area contributed by atoms with Gasteiger partial charge in [-0.2, -0.15) is 0 Å². The molecule has 0 atom stereocenters. The molecule has 2 heterocycles. The molecule has 0 aliphatic heterocycles. The molecule has 1 amide bonds. The minimum absolute atomic E-state index is 0.124. The Bertz CT molecular complexity index is 756. The molecular weight excluding hydrogens is 270 g/mol. The minimum atomic E-state index is -0.473. The van der Waals surface area contributed by atoms with Crippen molar-refractivity contribution >= 4 is 11.8 Å². The SMILES string of the molecule is CCc1c(C)noc1NC(=O)c1c(C)cc(C)n(C)c1=O. The highest BCUT2D eigenvalue weighted by molar-refractivity contribution is 6.04. The zero-order valence-corrected chi connectivity index (χ0v) is 12.9. The van der Waals surface area contributed by atoms with Crippen LogP contribution in [0.4, 0.5) is 5.88 Å². The summed E-state index contributed by atoms with van der Waals surface area (Å²) in [4.78, 5) is 24.6. The molecule has 2 aromatic heterocycles. The van der Waals surface area contributed by atoms with Crippen molar-refractivity contribution in [2.75, 3.05) is 5.32 Å². The fourth-order valence-electron chi connectivity index (χ4n) is 2.32. The largest absolute Gasteiger partial charge is 0.338 e. The minimum Gasteiger partial charge on any atom is -0.338 e. The quantitative estimate of drug-likeness (QED) is 0.938. The normalized spacial score (nSPS) is 10.7. The molecule has 0 spiro atoms. The number of aromatic nitrogens is 2. The molecule has 0 saturated heterocycles. The molecule has 0 aliphatic carbocycles. The van der Waals surface area contributed by atoms with Gasteiger partial charge in [-0.15, -0.1) is 0 Å². The van der Waals surface area contributed by atoms with E-state index >= 15 is 0 Å². The van der Waals surface area contributed by atoms with Crippen LogP contribution in [0.2, 0.25) is 0 Å². The van der Waals surface area contributed by atoms with Gasteiger partial charge in [0.05, 0.1) is 5.69 Å². The van der Waals surface area contributed by atoms with Crippen LogP contribution in [0.3, 0.4) is 0 Å². The molecule has 0 aliphatic rings. The summed E-state index contributed by atoms with van der Waals surface area (Å²) in [6, 6.07) is 1.81. The third-order valence-corrected chi connectivity index (χ3v) is 3.66. The lowest BCUT2D eigenvalue weighted by molar-refractivity contribution is 0.102. The summed E-state index contributed by atoms with van der Waals surface area (Å²) < 4.78 is 6.57. The Kier molecular flexibility index (Phi) is 3.97. The lowest BCUT2D eigenvalue weighted by atomic mass is 10.1. The highest BCUT2D eigenvalue weighted by atomic mass is 16.5. The predicted molar refractivity (Wildman–Crippen MR) is 79.7 cm³/mol. The molecule has 0 aromatic carbocycles. The molecule has 0 fully saturated rings. The first kappa shape index (κ1) is 15.0. The molecule has 2 aromatic rings. The Balaban J connectivity index is 2.42. The average molecular weight is 289 g/mol. The van der Waals surface area contributed by atoms with E-state index in [4.69, 9.17) is 4.52 Å². The van der Waals surface area contributed by atoms with Gasteiger partial charge < -0.3 is 9.09 Å². The lowest BCUT2D eigenvalue weighted by Crippen LogP contribution is -2.30. The Morgan fingerprint density at radius 1 is 1.38 bits per heavy atom. The number of pyridine rings is 1. The van der Waals surface area contributed by atoms with E-state index < -0.39 is 5.91 Å². The summed E-state index contributed by atoms with van der Waals surface area (Å²) >= 11 is 0. The smallest absolute Gasteiger partial charge is 0.263 e. The molecule has 112 valence electrons. The van der Waals surface area contributed by atoms with Crippen molar-refractivity contribution in [1.82, 2.24) is 9.72 Å². The highest BCUT2D eigenvalue weighted by Gasteiger charge is 2.20. The van der Waals surface area contributed by atoms with Gasteiger partial charge in [-0.1, -0.05) is 12.1 Å². The van der Waals surface area contributed by atoms with Gasteiger partial charge in [0.2, 0.25) is 5.88 Å². The Labute approximate surface area is 122 Å². The molecule has 1 N–H and O–H groups in total. The first-order valence-corrected chi connectivity index (χ1v) is 6.80. The maximum atomic E-state index is 12.4. The van der Waals surface area contributed by atoms with Crippen LogP contribution >= 0.6 is 0 Å². The summed E-state index contributed by atoms with van der Waals surface area (Å²) in [6.07, 6.45) is 0.690. The van der Waals surface area contributed by atoms with Crippen molar-refractivity contribution in [3.05, 3.63) is 44.5 Å². The van der Waals surface area contributed by atoms with Crippen LogP contribution < -0.4 is 10.9 Å². The fourth-order valence-corrected chi connectivity index (χ4v) is 2.32. The van der Waals surface area contributed by atoms with Gasteiger partial charge in [-0.3, -0.25) is 14.9 Å². The molecule has 0 bridgehead atoms. The molecule has 0 saturated carbocycles. The van der Waals surface area contributed by atoms with Crippen molar-refractivity contribution in [1.29, 1.82) is 0 Å². The monoisotopic (exact) mass is 289 g/mol. The second-order valence-electron chi connectivity index (χ2n) is 5.09. The third-order valence-electron chi connectivity index (χ3n) is 3.66. The van der Waals surface area contributed by atoms with Crippen molar-refractivity contribution in [2.45, 2.75) is 34.1 Å². The van der Waals surface area contributed by atoms with Gasteiger partial charge in [-0.05, 0) is 38.8 Å². The first-order valence-electron chi connectivity index (χ1n) is 6.80. The molecule has 21 heavy (non-hydrogen) atoms. The zero-order chi connectivity index (χ0) is 15.7. The van der Waals surface area contributed by atoms with Crippen LogP contribution in [0.5, 0.6) is 0 Å². The molecule has 6 nitrogen and oxygen atoms in total. The summed E-state index contributed by atoms with van der Waals surface area (Å²) in [6.45, 7) is 7.33. The molecule has 0 unspecified atom stereocenters. The van der Waals surface area contributed by atoms with Crippen molar-refractivity contribution in [3.63, 3.8) is 0 Å². The molecule has 6 heteroatoms. The molecular formula is C15H19N3O3. The molecule has 2 rings (SSSR count). The summed E-state index contributed by atoms with van der Waals surface area (Å²) in [7, 11) is 1.64. The van der Waals surface area contributed by atoms with Crippen molar-refractivity contribution < 1.29 is 9.32 Å². The number of nitrogens with zero attached hydrogens (tertiary/aromatic N) is 2. The Hall–Kier alpha value is -2.37. The predicted octanol–water partition coefficient (Wildman–Crippen LogP) is 2.11. The van der Waals surface area contributed by atoms with Crippen LogP contribution in [0.1, 0.15) is 39.8 Å². The third kappa shape index (κ3) is 2.61. The van der Waals surface area contributed by atoms with Gasteiger partial charge >= 0.3 is 0 Å². The van der Waals surface area contributed by atoms with E-state index in [9.17, 15) is 9.59 Å². The standard InChI is InChI=1S/C15H19N3O3/c1-6-11-10(4)17-21-14(11)16-13(19)12-8(2)7-9(3)18(5)15(12)20/h7H,6H2,1-5H3,(H,16,19). The number of carbonyl (C=O) groups excluding carboxylic acids is 1. The maximum Gasteiger partial charge on any atom is 0.263 e. The second kappa shape index (κ2) is 5.55. The number of anilines is 1. The van der Waals surface area contributed by atoms with Crippen molar-refractivity contribution in [3.8, 4) is 0 Å². The summed E-state index contributed by atoms with van der Waals surface area (Å²) in [5.41, 5.74) is 2.82. The maximum absolute atomic E-state index is 12.4. The van der Waals surface area contributed by atoms with Gasteiger partial charge in [0.25, 0.3) is 11.5 Å². The Morgan fingerprint density at radius 3 is 2.67 bits per heavy atom. The molecule has 0 radical (unpaired) electrons. The van der Waals surface area contributed by atoms with Crippen LogP contribution in [0, 0.1) is 20.8 Å². The van der Waals surface area contributed by atoms with Crippen LogP contribution in [0.25, 0.3) is 0 Å². The van der Waals surface area contributed by atoms with Gasteiger partial charge in [0.15, 0.2) is 0 Å². The number of rotatable bonds is 3. The summed E-state index contributed by atoms with van der Waals surface area (Å²) in [5.74, 6) is -0.166. The van der Waals surface area contributed by atoms with E-state index in [2.05, 4.69) is 10.5 Å². The van der Waals surface area contributed by atoms with Crippen LogP contribution in [-0.2, 0) is 13.5 Å². The second-order valence-corrected chi connectivity index (χ2v) is 5.09. The number of hydrogen-bond acceptors (Lipinski definition) is 4. The lowest BCUT2D eigenvalue weighted by Gasteiger charge is -2.10. The van der Waals surface area contributed by atoms with E-state index in [1.54, 1.807) is 14.0 Å². The highest BCUT2D eigenvalue weighted by Crippen LogP contribution is 2.20. The average Bonchev–Trinajstić information content (AvgIpc) is 2.76. The van der Waals surface area contributed by atoms with E-state index in [0.29, 0.717) is 17.9 Å². The van der Waals surface area contributed by atoms with Crippen LogP contribution in [0.15, 0.2) is 15.4 Å².